The molecule has 2 heterocycles. The Morgan fingerprint density at radius 3 is 2.52 bits per heavy atom. The van der Waals surface area contributed by atoms with E-state index in [2.05, 4.69) is 22.4 Å². The molecular weight excluding hydrogens is 310 g/mol. The lowest BCUT2D eigenvalue weighted by Gasteiger charge is -2.19. The van der Waals surface area contributed by atoms with E-state index in [4.69, 9.17) is 4.98 Å². The lowest BCUT2D eigenvalue weighted by Crippen LogP contribution is -2.27. The number of carbonyl (C=O) groups excluding carboxylic acids is 1. The molecule has 2 aromatic rings. The van der Waals surface area contributed by atoms with Crippen LogP contribution in [0.2, 0.25) is 0 Å². The average molecular weight is 333 g/mol. The Hall–Kier alpha value is -2.36. The first kappa shape index (κ1) is 14.9. The van der Waals surface area contributed by atoms with E-state index in [0.29, 0.717) is 6.04 Å². The molecule has 0 radical (unpaired) electrons. The minimum Gasteiger partial charge on any atom is -0.356 e. The molecular formula is C21H23N3O. The van der Waals surface area contributed by atoms with Gasteiger partial charge in [0.1, 0.15) is 5.82 Å². The van der Waals surface area contributed by atoms with E-state index >= 15 is 0 Å². The summed E-state index contributed by atoms with van der Waals surface area (Å²) in [7, 11) is 0. The number of nitrogens with zero attached hydrogens (tertiary/aromatic N) is 2. The third kappa shape index (κ3) is 2.80. The first-order valence-electron chi connectivity index (χ1n) is 9.38. The molecule has 128 valence electrons. The van der Waals surface area contributed by atoms with Gasteiger partial charge in [0.25, 0.3) is 5.91 Å². The molecule has 0 spiro atoms. The number of aromatic nitrogens is 1. The molecule has 2 fully saturated rings. The number of para-hydroxylation sites is 1. The van der Waals surface area contributed by atoms with Gasteiger partial charge in [0.15, 0.2) is 0 Å². The Labute approximate surface area is 147 Å². The second kappa shape index (κ2) is 5.87. The molecule has 0 bridgehead atoms. The Kier molecular flexibility index (Phi) is 3.51. The fourth-order valence-electron chi connectivity index (χ4n) is 4.20. The van der Waals surface area contributed by atoms with Crippen molar-refractivity contribution in [3.8, 4) is 0 Å². The molecule has 1 saturated heterocycles. The summed E-state index contributed by atoms with van der Waals surface area (Å²) in [6, 6.07) is 10.4. The summed E-state index contributed by atoms with van der Waals surface area (Å²) in [6.45, 7) is 2.09. The Morgan fingerprint density at radius 2 is 1.80 bits per heavy atom. The van der Waals surface area contributed by atoms with Crippen LogP contribution < -0.4 is 10.2 Å². The number of carbonyl (C=O) groups is 1. The standard InChI is InChI=1S/C21H23N3O/c25-21(22-16-9-10-16)18-11-20(23-19-8-4-3-7-17(18)19)24-12-14-5-1-2-6-15(14)13-24/h1-4,7-8,11,14-16H,5-6,9-10,12-13H2,(H,22,25). The van der Waals surface area contributed by atoms with Crippen molar-refractivity contribution in [1.29, 1.82) is 0 Å². The monoisotopic (exact) mass is 333 g/mol. The molecule has 2 unspecified atom stereocenters. The van der Waals surface area contributed by atoms with Gasteiger partial charge in [0.05, 0.1) is 11.1 Å². The zero-order chi connectivity index (χ0) is 16.8. The molecule has 4 nitrogen and oxygen atoms in total. The van der Waals surface area contributed by atoms with Crippen LogP contribution in [-0.2, 0) is 0 Å². The van der Waals surface area contributed by atoms with E-state index in [9.17, 15) is 4.79 Å². The minimum absolute atomic E-state index is 0.0422. The summed E-state index contributed by atoms with van der Waals surface area (Å²) < 4.78 is 0. The van der Waals surface area contributed by atoms with Gasteiger partial charge < -0.3 is 10.2 Å². The van der Waals surface area contributed by atoms with E-state index in [1.54, 1.807) is 0 Å². The van der Waals surface area contributed by atoms with E-state index in [1.165, 1.54) is 12.8 Å². The van der Waals surface area contributed by atoms with Gasteiger partial charge >= 0.3 is 0 Å². The molecule has 25 heavy (non-hydrogen) atoms. The van der Waals surface area contributed by atoms with Crippen LogP contribution in [0.1, 0.15) is 36.0 Å². The molecule has 1 saturated carbocycles. The van der Waals surface area contributed by atoms with Crippen molar-refractivity contribution in [1.82, 2.24) is 10.3 Å². The maximum absolute atomic E-state index is 12.8. The first-order valence-corrected chi connectivity index (χ1v) is 9.38. The molecule has 1 aromatic carbocycles. The number of hydrogen-bond acceptors (Lipinski definition) is 3. The normalized spacial score (nSPS) is 25.2. The van der Waals surface area contributed by atoms with Crippen LogP contribution in [0.15, 0.2) is 42.5 Å². The largest absolute Gasteiger partial charge is 0.356 e. The summed E-state index contributed by atoms with van der Waals surface area (Å²) >= 11 is 0. The minimum atomic E-state index is 0.0422. The van der Waals surface area contributed by atoms with Crippen molar-refractivity contribution in [3.63, 3.8) is 0 Å². The van der Waals surface area contributed by atoms with Gasteiger partial charge in [-0.25, -0.2) is 4.98 Å². The van der Waals surface area contributed by atoms with Crippen LogP contribution >= 0.6 is 0 Å². The fraction of sp³-hybridized carbons (Fsp3) is 0.429. The highest BCUT2D eigenvalue weighted by atomic mass is 16.1. The molecule has 1 N–H and O–H groups in total. The Balaban J connectivity index is 1.51. The van der Waals surface area contributed by atoms with E-state index in [0.717, 1.165) is 60.1 Å². The van der Waals surface area contributed by atoms with Crippen molar-refractivity contribution in [2.75, 3.05) is 18.0 Å². The average Bonchev–Trinajstić information content (AvgIpc) is 3.35. The summed E-state index contributed by atoms with van der Waals surface area (Å²) in [5, 5.41) is 4.08. The van der Waals surface area contributed by atoms with Gasteiger partial charge in [-0.2, -0.15) is 0 Å². The number of allylic oxidation sites excluding steroid dienone is 2. The number of nitrogens with one attached hydrogen (secondary N) is 1. The lowest BCUT2D eigenvalue weighted by atomic mass is 9.86. The Morgan fingerprint density at radius 1 is 1.08 bits per heavy atom. The number of pyridine rings is 1. The number of rotatable bonds is 3. The number of hydrogen-bond donors (Lipinski definition) is 1. The zero-order valence-corrected chi connectivity index (χ0v) is 14.3. The number of fused-ring (bicyclic) bond motifs is 2. The van der Waals surface area contributed by atoms with E-state index < -0.39 is 0 Å². The third-order valence-corrected chi connectivity index (χ3v) is 5.80. The topological polar surface area (TPSA) is 45.2 Å². The van der Waals surface area contributed by atoms with Gasteiger partial charge in [-0.3, -0.25) is 4.79 Å². The van der Waals surface area contributed by atoms with Crippen molar-refractivity contribution in [2.45, 2.75) is 31.7 Å². The van der Waals surface area contributed by atoms with Crippen LogP contribution in [0.4, 0.5) is 5.82 Å². The van der Waals surface area contributed by atoms with Crippen LogP contribution in [0.25, 0.3) is 10.9 Å². The van der Waals surface area contributed by atoms with E-state index in [1.807, 2.05) is 30.3 Å². The molecule has 1 aromatic heterocycles. The maximum atomic E-state index is 12.8. The second-order valence-corrected chi connectivity index (χ2v) is 7.66. The van der Waals surface area contributed by atoms with Gasteiger partial charge in [-0.05, 0) is 49.7 Å². The van der Waals surface area contributed by atoms with Gasteiger partial charge in [0, 0.05) is 24.5 Å². The summed E-state index contributed by atoms with van der Waals surface area (Å²) in [5.41, 5.74) is 1.68. The highest BCUT2D eigenvalue weighted by molar-refractivity contribution is 6.07. The molecule has 2 aliphatic carbocycles. The number of anilines is 1. The highest BCUT2D eigenvalue weighted by Gasteiger charge is 2.34. The molecule has 5 rings (SSSR count). The predicted molar refractivity (Wildman–Crippen MR) is 99.8 cm³/mol. The number of benzene rings is 1. The molecule has 2 atom stereocenters. The van der Waals surface area contributed by atoms with Crippen molar-refractivity contribution < 1.29 is 4.79 Å². The summed E-state index contributed by atoms with van der Waals surface area (Å²) in [6.07, 6.45) is 9.17. The number of amides is 1. The SMILES string of the molecule is O=C(NC1CC1)c1cc(N2CC3CC=CCC3C2)nc2ccccc12. The van der Waals surface area contributed by atoms with Crippen molar-refractivity contribution in [3.05, 3.63) is 48.0 Å². The zero-order valence-electron chi connectivity index (χ0n) is 14.3. The fourth-order valence-corrected chi connectivity index (χ4v) is 4.20. The summed E-state index contributed by atoms with van der Waals surface area (Å²) in [4.78, 5) is 20.0. The highest BCUT2D eigenvalue weighted by Crippen LogP contribution is 2.36. The van der Waals surface area contributed by atoms with Crippen molar-refractivity contribution in [2.24, 2.45) is 11.8 Å². The first-order chi connectivity index (χ1) is 12.3. The maximum Gasteiger partial charge on any atom is 0.252 e. The smallest absolute Gasteiger partial charge is 0.252 e. The van der Waals surface area contributed by atoms with E-state index in [-0.39, 0.29) is 5.91 Å². The second-order valence-electron chi connectivity index (χ2n) is 7.66. The third-order valence-electron chi connectivity index (χ3n) is 5.80. The van der Waals surface area contributed by atoms with Crippen molar-refractivity contribution >= 4 is 22.6 Å². The van der Waals surface area contributed by atoms with Crippen LogP contribution in [0.5, 0.6) is 0 Å². The van der Waals surface area contributed by atoms with Crippen LogP contribution in [-0.4, -0.2) is 30.0 Å². The summed E-state index contributed by atoms with van der Waals surface area (Å²) in [5.74, 6) is 2.44. The molecule has 1 aliphatic heterocycles. The van der Waals surface area contributed by atoms with Crippen LogP contribution in [0.3, 0.4) is 0 Å². The molecule has 3 aliphatic rings. The quantitative estimate of drug-likeness (QED) is 0.874. The van der Waals surface area contributed by atoms with Gasteiger partial charge in [0.2, 0.25) is 0 Å². The molecule has 1 amide bonds. The lowest BCUT2D eigenvalue weighted by molar-refractivity contribution is 0.0952. The molecule has 4 heteroatoms. The Bertz CT molecular complexity index is 839. The van der Waals surface area contributed by atoms with Gasteiger partial charge in [-0.15, -0.1) is 0 Å². The predicted octanol–water partition coefficient (Wildman–Crippen LogP) is 3.53. The van der Waals surface area contributed by atoms with Gasteiger partial charge in [-0.1, -0.05) is 30.4 Å². The van der Waals surface area contributed by atoms with Crippen LogP contribution in [0, 0.1) is 11.8 Å².